The zero-order valence-electron chi connectivity index (χ0n) is 8.09. The first-order chi connectivity index (χ1) is 7.20. The lowest BCUT2D eigenvalue weighted by Gasteiger charge is -2.02. The fourth-order valence-electron chi connectivity index (χ4n) is 1.58. The molecule has 3 nitrogen and oxygen atoms in total. The van der Waals surface area contributed by atoms with Crippen LogP contribution in [0.3, 0.4) is 0 Å². The molecule has 0 saturated carbocycles. The third-order valence-corrected chi connectivity index (χ3v) is 2.77. The first kappa shape index (κ1) is 10.4. The van der Waals surface area contributed by atoms with Gasteiger partial charge in [0.2, 0.25) is 0 Å². The predicted molar refractivity (Wildman–Crippen MR) is 65.0 cm³/mol. The Morgan fingerprint density at radius 2 is 2.13 bits per heavy atom. The normalized spacial score (nSPS) is 10.8. The number of H-pyrrole nitrogens is 1. The molecule has 4 heteroatoms. The highest BCUT2D eigenvalue weighted by atomic mass is 79.9. The molecule has 1 aromatic heterocycles. The van der Waals surface area contributed by atoms with Crippen molar-refractivity contribution in [2.45, 2.75) is 6.42 Å². The van der Waals surface area contributed by atoms with Crippen LogP contribution < -0.4 is 11.3 Å². The van der Waals surface area contributed by atoms with E-state index in [1.807, 2.05) is 24.3 Å². The fourth-order valence-corrected chi connectivity index (χ4v) is 1.94. The minimum Gasteiger partial charge on any atom is -0.330 e. The molecule has 0 aliphatic carbocycles. The molecular formula is C11H11BrN2O. The molecular weight excluding hydrogens is 256 g/mol. The second-order valence-corrected chi connectivity index (χ2v) is 4.31. The van der Waals surface area contributed by atoms with E-state index in [0.717, 1.165) is 15.6 Å². The van der Waals surface area contributed by atoms with Gasteiger partial charge in [-0.1, -0.05) is 22.0 Å². The number of halogens is 1. The molecule has 15 heavy (non-hydrogen) atoms. The summed E-state index contributed by atoms with van der Waals surface area (Å²) in [5, 5.41) is 1.65. The molecule has 78 valence electrons. The van der Waals surface area contributed by atoms with Crippen LogP contribution >= 0.6 is 15.9 Å². The molecule has 0 unspecified atom stereocenters. The minimum atomic E-state index is -0.0581. The number of benzene rings is 1. The smallest absolute Gasteiger partial charge is 0.256 e. The summed E-state index contributed by atoms with van der Waals surface area (Å²) >= 11 is 3.34. The molecule has 0 aliphatic rings. The second-order valence-electron chi connectivity index (χ2n) is 3.39. The zero-order chi connectivity index (χ0) is 10.8. The van der Waals surface area contributed by atoms with E-state index in [1.54, 1.807) is 0 Å². The van der Waals surface area contributed by atoms with Gasteiger partial charge in [-0.05, 0) is 36.6 Å². The highest BCUT2D eigenvalue weighted by Gasteiger charge is 2.01. The average molecular weight is 267 g/mol. The summed E-state index contributed by atoms with van der Waals surface area (Å²) in [5.41, 5.74) is 6.28. The lowest BCUT2D eigenvalue weighted by Crippen LogP contribution is -2.12. The molecule has 1 aromatic carbocycles. The Hall–Kier alpha value is -1.13. The molecule has 0 saturated heterocycles. The van der Waals surface area contributed by atoms with Gasteiger partial charge in [-0.2, -0.15) is 0 Å². The van der Waals surface area contributed by atoms with Gasteiger partial charge in [0.1, 0.15) is 0 Å². The van der Waals surface area contributed by atoms with Crippen LogP contribution in [0.15, 0.2) is 33.5 Å². The summed E-state index contributed by atoms with van der Waals surface area (Å²) < 4.78 is 0.909. The van der Waals surface area contributed by atoms with E-state index in [9.17, 15) is 4.79 Å². The van der Waals surface area contributed by atoms with Crippen molar-refractivity contribution in [1.82, 2.24) is 4.98 Å². The number of aromatic nitrogens is 1. The third-order valence-electron chi connectivity index (χ3n) is 2.28. The lowest BCUT2D eigenvalue weighted by molar-refractivity contribution is 0.919. The van der Waals surface area contributed by atoms with E-state index < -0.39 is 0 Å². The number of aromatic amines is 1. The van der Waals surface area contributed by atoms with Crippen LogP contribution in [0.1, 0.15) is 5.69 Å². The van der Waals surface area contributed by atoms with Gasteiger partial charge in [-0.3, -0.25) is 4.79 Å². The Balaban J connectivity index is 2.67. The Morgan fingerprint density at radius 3 is 2.87 bits per heavy atom. The number of nitrogens with two attached hydrogens (primary N) is 1. The van der Waals surface area contributed by atoms with Crippen LogP contribution in [0, 0.1) is 0 Å². The quantitative estimate of drug-likeness (QED) is 0.871. The van der Waals surface area contributed by atoms with Crippen molar-refractivity contribution in [3.05, 3.63) is 44.8 Å². The first-order valence-corrected chi connectivity index (χ1v) is 5.51. The Labute approximate surface area is 95.4 Å². The van der Waals surface area contributed by atoms with E-state index in [4.69, 9.17) is 5.73 Å². The molecule has 0 atom stereocenters. The first-order valence-electron chi connectivity index (χ1n) is 4.72. The Morgan fingerprint density at radius 1 is 1.33 bits per heavy atom. The van der Waals surface area contributed by atoms with Gasteiger partial charge in [0.15, 0.2) is 0 Å². The van der Waals surface area contributed by atoms with Gasteiger partial charge in [0.25, 0.3) is 5.56 Å². The molecule has 0 spiro atoms. The predicted octanol–water partition coefficient (Wildman–Crippen LogP) is 1.79. The molecule has 3 N–H and O–H groups in total. The Bertz CT molecular complexity index is 548. The number of pyridine rings is 1. The van der Waals surface area contributed by atoms with Gasteiger partial charge in [0.05, 0.1) is 0 Å². The monoisotopic (exact) mass is 266 g/mol. The minimum absolute atomic E-state index is 0.0581. The van der Waals surface area contributed by atoms with E-state index >= 15 is 0 Å². The number of hydrogen-bond donors (Lipinski definition) is 2. The van der Waals surface area contributed by atoms with Gasteiger partial charge in [-0.15, -0.1) is 0 Å². The van der Waals surface area contributed by atoms with Gasteiger partial charge >= 0.3 is 0 Å². The number of hydrogen-bond acceptors (Lipinski definition) is 2. The maximum absolute atomic E-state index is 11.7. The van der Waals surface area contributed by atoms with Crippen molar-refractivity contribution < 1.29 is 0 Å². The van der Waals surface area contributed by atoms with E-state index in [2.05, 4.69) is 20.9 Å². The van der Waals surface area contributed by atoms with E-state index in [0.29, 0.717) is 18.4 Å². The van der Waals surface area contributed by atoms with Crippen LogP contribution in [0.4, 0.5) is 0 Å². The number of fused-ring (bicyclic) bond motifs is 1. The van der Waals surface area contributed by atoms with E-state index in [1.165, 1.54) is 0 Å². The molecule has 0 fully saturated rings. The van der Waals surface area contributed by atoms with Crippen molar-refractivity contribution in [2.75, 3.05) is 6.54 Å². The van der Waals surface area contributed by atoms with Crippen molar-refractivity contribution >= 4 is 26.7 Å². The van der Waals surface area contributed by atoms with Crippen LogP contribution in [0.25, 0.3) is 10.8 Å². The van der Waals surface area contributed by atoms with Crippen LogP contribution in [-0.4, -0.2) is 11.5 Å². The highest BCUT2D eigenvalue weighted by Crippen LogP contribution is 2.17. The van der Waals surface area contributed by atoms with Crippen LogP contribution in [-0.2, 0) is 6.42 Å². The van der Waals surface area contributed by atoms with Gasteiger partial charge < -0.3 is 10.7 Å². The maximum Gasteiger partial charge on any atom is 0.256 e. The highest BCUT2D eigenvalue weighted by molar-refractivity contribution is 9.10. The van der Waals surface area contributed by atoms with Crippen LogP contribution in [0.2, 0.25) is 0 Å². The summed E-state index contributed by atoms with van der Waals surface area (Å²) in [5.74, 6) is 0. The number of rotatable bonds is 2. The van der Waals surface area contributed by atoms with Gasteiger partial charge in [0, 0.05) is 15.6 Å². The average Bonchev–Trinajstić information content (AvgIpc) is 2.20. The topological polar surface area (TPSA) is 58.9 Å². The summed E-state index contributed by atoms with van der Waals surface area (Å²) in [6.07, 6.45) is 0.696. The van der Waals surface area contributed by atoms with Crippen molar-refractivity contribution in [3.63, 3.8) is 0 Å². The summed E-state index contributed by atoms with van der Waals surface area (Å²) in [6, 6.07) is 7.64. The third kappa shape index (κ3) is 2.11. The Kier molecular flexibility index (Phi) is 2.88. The zero-order valence-corrected chi connectivity index (χ0v) is 9.67. The number of nitrogens with one attached hydrogen (secondary N) is 1. The SMILES string of the molecule is NCCc1cc2ccc(Br)cc2c(=O)[nH]1. The molecule has 0 aliphatic heterocycles. The van der Waals surface area contributed by atoms with Crippen molar-refractivity contribution in [3.8, 4) is 0 Å². The fraction of sp³-hybridized carbons (Fsp3) is 0.182. The molecule has 0 amide bonds. The van der Waals surface area contributed by atoms with Gasteiger partial charge in [-0.25, -0.2) is 0 Å². The van der Waals surface area contributed by atoms with Crippen LogP contribution in [0.5, 0.6) is 0 Å². The molecule has 2 rings (SSSR count). The van der Waals surface area contributed by atoms with Crippen molar-refractivity contribution in [2.24, 2.45) is 5.73 Å². The van der Waals surface area contributed by atoms with Crippen molar-refractivity contribution in [1.29, 1.82) is 0 Å². The molecule has 2 aromatic rings. The standard InChI is InChI=1S/C11H11BrN2O/c12-8-2-1-7-5-9(3-4-13)14-11(15)10(7)6-8/h1-2,5-6H,3-4,13H2,(H,14,15). The molecule has 0 radical (unpaired) electrons. The molecule has 0 bridgehead atoms. The molecule has 1 heterocycles. The summed E-state index contributed by atoms with van der Waals surface area (Å²) in [7, 11) is 0. The maximum atomic E-state index is 11.7. The summed E-state index contributed by atoms with van der Waals surface area (Å²) in [4.78, 5) is 14.5. The van der Waals surface area contributed by atoms with E-state index in [-0.39, 0.29) is 5.56 Å². The second kappa shape index (κ2) is 4.16. The largest absolute Gasteiger partial charge is 0.330 e. The summed E-state index contributed by atoms with van der Waals surface area (Å²) in [6.45, 7) is 0.540. The lowest BCUT2D eigenvalue weighted by atomic mass is 10.1.